The van der Waals surface area contributed by atoms with Gasteiger partial charge in [-0.05, 0) is 12.8 Å². The Kier molecular flexibility index (Phi) is 15.0. The predicted molar refractivity (Wildman–Crippen MR) is 106 cm³/mol. The Morgan fingerprint density at radius 1 is 0.615 bits per heavy atom. The third kappa shape index (κ3) is 16.8. The molecule has 8 heteroatoms. The Labute approximate surface area is 159 Å². The summed E-state index contributed by atoms with van der Waals surface area (Å²) in [4.78, 5) is 0. The lowest BCUT2D eigenvalue weighted by molar-refractivity contribution is 0.354. The van der Waals surface area contributed by atoms with Gasteiger partial charge in [0.1, 0.15) is 0 Å². The number of allylic oxidation sites excluding steroid dienone is 2. The molecule has 0 aromatic heterocycles. The van der Waals surface area contributed by atoms with E-state index in [1.54, 1.807) is 24.3 Å². The van der Waals surface area contributed by atoms with E-state index < -0.39 is 20.2 Å². The van der Waals surface area contributed by atoms with Crippen LogP contribution in [0.1, 0.15) is 65.2 Å². The summed E-state index contributed by atoms with van der Waals surface area (Å²) in [7, 11) is -6.94. The molecule has 0 rings (SSSR count). The maximum absolute atomic E-state index is 11.6. The van der Waals surface area contributed by atoms with E-state index in [1.807, 2.05) is 0 Å². The molecule has 0 fully saturated rings. The van der Waals surface area contributed by atoms with Crippen molar-refractivity contribution in [2.75, 3.05) is 24.7 Å². The second-order valence-corrected chi connectivity index (χ2v) is 9.59. The molecule has 0 radical (unpaired) electrons. The van der Waals surface area contributed by atoms with Gasteiger partial charge < -0.3 is 0 Å². The Balaban J connectivity index is 3.87. The van der Waals surface area contributed by atoms with Gasteiger partial charge in [0.25, 0.3) is 20.2 Å². The van der Waals surface area contributed by atoms with Gasteiger partial charge in [-0.2, -0.15) is 16.8 Å². The summed E-state index contributed by atoms with van der Waals surface area (Å²) in [5.41, 5.74) is 0. The lowest BCUT2D eigenvalue weighted by Gasteiger charge is -2.03. The summed E-state index contributed by atoms with van der Waals surface area (Å²) in [6, 6.07) is 0. The van der Waals surface area contributed by atoms with Crippen LogP contribution in [-0.4, -0.2) is 41.6 Å². The summed E-state index contributed by atoms with van der Waals surface area (Å²) in [6.45, 7) is 4.07. The molecule has 0 unspecified atom stereocenters. The third-order valence-corrected chi connectivity index (χ3v) is 6.13. The van der Waals surface area contributed by atoms with Crippen molar-refractivity contribution in [3.8, 4) is 0 Å². The van der Waals surface area contributed by atoms with Crippen molar-refractivity contribution in [2.24, 2.45) is 0 Å². The molecule has 0 aliphatic heterocycles. The first-order valence-electron chi connectivity index (χ1n) is 9.39. The molecule has 0 saturated carbocycles. The molecule has 0 aromatic rings. The molecule has 0 aliphatic carbocycles. The van der Waals surface area contributed by atoms with Gasteiger partial charge in [0.05, 0.1) is 24.7 Å². The maximum Gasteiger partial charge on any atom is 0.267 e. The molecule has 0 saturated heterocycles. The monoisotopic (exact) mass is 410 g/mol. The van der Waals surface area contributed by atoms with Gasteiger partial charge in [-0.25, -0.2) is 0 Å². The minimum absolute atomic E-state index is 0.0307. The maximum atomic E-state index is 11.6. The van der Waals surface area contributed by atoms with Crippen LogP contribution >= 0.6 is 0 Å². The van der Waals surface area contributed by atoms with E-state index in [-0.39, 0.29) is 24.7 Å². The average molecular weight is 411 g/mol. The first-order valence-corrected chi connectivity index (χ1v) is 12.5. The zero-order chi connectivity index (χ0) is 19.7. The van der Waals surface area contributed by atoms with Crippen molar-refractivity contribution in [1.29, 1.82) is 0 Å². The van der Waals surface area contributed by atoms with Gasteiger partial charge in [-0.15, -0.1) is 0 Å². The molecule has 0 N–H and O–H groups in total. The van der Waals surface area contributed by atoms with E-state index in [2.05, 4.69) is 13.8 Å². The van der Waals surface area contributed by atoms with Gasteiger partial charge >= 0.3 is 0 Å². The fourth-order valence-corrected chi connectivity index (χ4v) is 4.01. The quantitative estimate of drug-likeness (QED) is 0.205. The average Bonchev–Trinajstić information content (AvgIpc) is 2.58. The summed E-state index contributed by atoms with van der Waals surface area (Å²) < 4.78 is 56.1. The van der Waals surface area contributed by atoms with Crippen LogP contribution in [-0.2, 0) is 28.6 Å². The summed E-state index contributed by atoms with van der Waals surface area (Å²) in [5, 5.41) is 0. The van der Waals surface area contributed by atoms with Gasteiger partial charge in [-0.1, -0.05) is 76.7 Å². The van der Waals surface area contributed by atoms with Crippen LogP contribution in [0.5, 0.6) is 0 Å². The molecule has 0 atom stereocenters. The molecule has 0 heterocycles. The zero-order valence-corrected chi connectivity index (χ0v) is 17.7. The molecule has 0 spiro atoms. The molecule has 26 heavy (non-hydrogen) atoms. The number of rotatable bonds is 17. The summed E-state index contributed by atoms with van der Waals surface area (Å²) in [6.07, 6.45) is 13.5. The van der Waals surface area contributed by atoms with Crippen molar-refractivity contribution >= 4 is 20.2 Å². The molecule has 0 amide bonds. The van der Waals surface area contributed by atoms with Gasteiger partial charge in [0, 0.05) is 0 Å². The minimum atomic E-state index is -3.47. The van der Waals surface area contributed by atoms with Crippen molar-refractivity contribution in [1.82, 2.24) is 0 Å². The Morgan fingerprint density at radius 3 is 1.35 bits per heavy atom. The van der Waals surface area contributed by atoms with Gasteiger partial charge in [0.15, 0.2) is 0 Å². The zero-order valence-electron chi connectivity index (χ0n) is 16.1. The standard InChI is InChI=1S/C18H34O6S2/c1-3-5-7-13-17-25(19,20)23-15-11-9-10-12-16-24-26(21,22)18-14-8-6-4-2/h9-12H,3-8,13-18H2,1-2H3. The molecule has 6 nitrogen and oxygen atoms in total. The smallest absolute Gasteiger partial charge is 0.266 e. The van der Waals surface area contributed by atoms with Crippen molar-refractivity contribution < 1.29 is 25.2 Å². The van der Waals surface area contributed by atoms with E-state index >= 15 is 0 Å². The highest BCUT2D eigenvalue weighted by Crippen LogP contribution is 2.05. The van der Waals surface area contributed by atoms with Crippen LogP contribution in [0.4, 0.5) is 0 Å². The van der Waals surface area contributed by atoms with Crippen LogP contribution in [0.25, 0.3) is 0 Å². The SMILES string of the molecule is CCCCCCS(=O)(=O)OCC=CC=CCOS(=O)(=O)CCCCCC. The molecular weight excluding hydrogens is 376 g/mol. The molecule has 154 valence electrons. The molecule has 0 bridgehead atoms. The Hall–Kier alpha value is -0.700. The van der Waals surface area contributed by atoms with E-state index in [4.69, 9.17) is 8.37 Å². The van der Waals surface area contributed by atoms with Crippen molar-refractivity contribution in [2.45, 2.75) is 65.2 Å². The van der Waals surface area contributed by atoms with Crippen molar-refractivity contribution in [3.63, 3.8) is 0 Å². The topological polar surface area (TPSA) is 86.7 Å². The molecular formula is C18H34O6S2. The lowest BCUT2D eigenvalue weighted by Crippen LogP contribution is -2.10. The van der Waals surface area contributed by atoms with Gasteiger partial charge in [-0.3, -0.25) is 8.37 Å². The third-order valence-electron chi connectivity index (χ3n) is 3.57. The van der Waals surface area contributed by atoms with Crippen LogP contribution in [0.15, 0.2) is 24.3 Å². The predicted octanol–water partition coefficient (Wildman–Crippen LogP) is 3.95. The van der Waals surface area contributed by atoms with Crippen LogP contribution in [0.3, 0.4) is 0 Å². The van der Waals surface area contributed by atoms with Crippen LogP contribution < -0.4 is 0 Å². The van der Waals surface area contributed by atoms with Crippen LogP contribution in [0.2, 0.25) is 0 Å². The number of hydrogen-bond donors (Lipinski definition) is 0. The number of hydrogen-bond acceptors (Lipinski definition) is 6. The first-order chi connectivity index (χ1) is 12.3. The Morgan fingerprint density at radius 2 is 1.00 bits per heavy atom. The Bertz CT molecular complexity index is 537. The molecule has 0 aliphatic rings. The van der Waals surface area contributed by atoms with Crippen LogP contribution in [0, 0.1) is 0 Å². The summed E-state index contributed by atoms with van der Waals surface area (Å²) in [5.74, 6) is 0.0846. The van der Waals surface area contributed by atoms with E-state index in [0.717, 1.165) is 38.5 Å². The fraction of sp³-hybridized carbons (Fsp3) is 0.778. The minimum Gasteiger partial charge on any atom is -0.266 e. The molecule has 0 aromatic carbocycles. The highest BCUT2D eigenvalue weighted by molar-refractivity contribution is 7.86. The number of unbranched alkanes of at least 4 members (excludes halogenated alkanes) is 6. The normalized spacial score (nSPS) is 13.2. The fourth-order valence-electron chi connectivity index (χ4n) is 2.08. The van der Waals surface area contributed by atoms with E-state index in [0.29, 0.717) is 12.8 Å². The first kappa shape index (κ1) is 25.3. The van der Waals surface area contributed by atoms with Crippen molar-refractivity contribution in [3.05, 3.63) is 24.3 Å². The second-order valence-electron chi connectivity index (χ2n) is 6.07. The lowest BCUT2D eigenvalue weighted by atomic mass is 10.2. The highest BCUT2D eigenvalue weighted by atomic mass is 32.2. The van der Waals surface area contributed by atoms with E-state index in [9.17, 15) is 16.8 Å². The van der Waals surface area contributed by atoms with Gasteiger partial charge in [0.2, 0.25) is 0 Å². The largest absolute Gasteiger partial charge is 0.267 e. The second kappa shape index (κ2) is 15.4. The summed E-state index contributed by atoms with van der Waals surface area (Å²) >= 11 is 0. The van der Waals surface area contributed by atoms with E-state index in [1.165, 1.54) is 0 Å². The highest BCUT2D eigenvalue weighted by Gasteiger charge is 2.10.